The van der Waals surface area contributed by atoms with Crippen molar-refractivity contribution < 1.29 is 23.5 Å². The molecule has 41 heavy (non-hydrogen) atoms. The van der Waals surface area contributed by atoms with E-state index in [2.05, 4.69) is 30.9 Å². The third-order valence-electron chi connectivity index (χ3n) is 6.50. The molecule has 11 nitrogen and oxygen atoms in total. The summed E-state index contributed by atoms with van der Waals surface area (Å²) in [5.74, 6) is -1.68. The summed E-state index contributed by atoms with van der Waals surface area (Å²) in [6.45, 7) is 0.262. The van der Waals surface area contributed by atoms with Crippen LogP contribution in [-0.4, -0.2) is 56.7 Å². The van der Waals surface area contributed by atoms with Crippen LogP contribution in [0.5, 0.6) is 0 Å². The largest absolute Gasteiger partial charge is 0.453 e. The van der Waals surface area contributed by atoms with Gasteiger partial charge in [-0.3, -0.25) is 14.9 Å². The van der Waals surface area contributed by atoms with E-state index in [0.29, 0.717) is 23.4 Å². The lowest BCUT2D eigenvalue weighted by Crippen LogP contribution is -2.44. The van der Waals surface area contributed by atoms with Crippen LogP contribution < -0.4 is 10.6 Å². The van der Waals surface area contributed by atoms with E-state index in [-0.39, 0.29) is 22.8 Å². The first-order valence-electron chi connectivity index (χ1n) is 12.4. The van der Waals surface area contributed by atoms with Crippen molar-refractivity contribution in [1.29, 1.82) is 0 Å². The van der Waals surface area contributed by atoms with E-state index in [1.54, 1.807) is 36.4 Å². The molecule has 5 rings (SSSR count). The smallest absolute Gasteiger partial charge is 0.411 e. The zero-order valence-electron chi connectivity index (χ0n) is 21.6. The maximum atomic E-state index is 15.0. The van der Waals surface area contributed by atoms with Crippen molar-refractivity contribution in [3.05, 3.63) is 101 Å². The summed E-state index contributed by atoms with van der Waals surface area (Å²) in [5.41, 5.74) is 2.87. The molecule has 208 valence electrons. The summed E-state index contributed by atoms with van der Waals surface area (Å²) in [6, 6.07) is 15.8. The Morgan fingerprint density at radius 2 is 1.78 bits per heavy atom. The highest BCUT2D eigenvalue weighted by atomic mass is 35.5. The van der Waals surface area contributed by atoms with Crippen molar-refractivity contribution in [2.45, 2.75) is 12.5 Å². The molecule has 0 radical (unpaired) electrons. The van der Waals surface area contributed by atoms with E-state index >= 15 is 4.39 Å². The van der Waals surface area contributed by atoms with Crippen molar-refractivity contribution in [2.24, 2.45) is 0 Å². The molecule has 0 bridgehead atoms. The molecule has 13 heteroatoms. The van der Waals surface area contributed by atoms with Gasteiger partial charge in [0.1, 0.15) is 12.4 Å². The van der Waals surface area contributed by atoms with Crippen molar-refractivity contribution >= 4 is 47.0 Å². The number of carbonyl (C=O) groups is 3. The molecule has 3 aromatic carbocycles. The van der Waals surface area contributed by atoms with Gasteiger partial charge in [-0.05, 0) is 70.4 Å². The lowest BCUT2D eigenvalue weighted by molar-refractivity contribution is -0.135. The van der Waals surface area contributed by atoms with Gasteiger partial charge in [0, 0.05) is 29.6 Å². The van der Waals surface area contributed by atoms with Gasteiger partial charge in [0.05, 0.1) is 17.8 Å². The molecule has 0 saturated carbocycles. The molecule has 0 unspecified atom stereocenters. The van der Waals surface area contributed by atoms with E-state index in [0.717, 1.165) is 5.56 Å². The first-order chi connectivity index (χ1) is 19.9. The Labute approximate surface area is 238 Å². The average molecular weight is 576 g/mol. The summed E-state index contributed by atoms with van der Waals surface area (Å²) >= 11 is 6.01. The van der Waals surface area contributed by atoms with E-state index in [4.69, 9.17) is 11.6 Å². The van der Waals surface area contributed by atoms with Crippen LogP contribution in [0.15, 0.2) is 73.1 Å². The van der Waals surface area contributed by atoms with E-state index in [1.807, 2.05) is 12.1 Å². The quantitative estimate of drug-likeness (QED) is 0.326. The number of nitrogens with zero attached hydrogens (tertiary/aromatic N) is 5. The highest BCUT2D eigenvalue weighted by Gasteiger charge is 2.35. The van der Waals surface area contributed by atoms with Crippen molar-refractivity contribution in [3.63, 3.8) is 0 Å². The number of tetrazole rings is 1. The molecule has 3 amide bonds. The Kier molecular flexibility index (Phi) is 8.01. The molecular weight excluding hydrogens is 553 g/mol. The minimum atomic E-state index is -0.951. The molecule has 0 aliphatic carbocycles. The number of benzene rings is 3. The maximum Gasteiger partial charge on any atom is 0.411 e. The predicted octanol–water partition coefficient (Wildman–Crippen LogP) is 4.41. The minimum Gasteiger partial charge on any atom is -0.453 e. The van der Waals surface area contributed by atoms with Gasteiger partial charge < -0.3 is 15.0 Å². The molecule has 0 fully saturated rings. The zero-order valence-corrected chi connectivity index (χ0v) is 22.4. The summed E-state index contributed by atoms with van der Waals surface area (Å²) in [5, 5.41) is 16.2. The molecular formula is C28H23ClFN7O4. The van der Waals surface area contributed by atoms with Gasteiger partial charge in [0.25, 0.3) is 5.91 Å². The molecule has 0 spiro atoms. The highest BCUT2D eigenvalue weighted by Crippen LogP contribution is 2.32. The summed E-state index contributed by atoms with van der Waals surface area (Å²) < 4.78 is 20.9. The van der Waals surface area contributed by atoms with Gasteiger partial charge in [0.15, 0.2) is 5.82 Å². The number of hydrogen-bond acceptors (Lipinski definition) is 7. The third-order valence-corrected chi connectivity index (χ3v) is 6.79. The predicted molar refractivity (Wildman–Crippen MR) is 149 cm³/mol. The van der Waals surface area contributed by atoms with Gasteiger partial charge in [-0.25, -0.2) is 9.18 Å². The maximum absolute atomic E-state index is 15.0. The number of fused-ring (bicyclic) bond motifs is 1. The lowest BCUT2D eigenvalue weighted by atomic mass is 9.91. The van der Waals surface area contributed by atoms with Crippen LogP contribution in [0, 0.1) is 5.82 Å². The summed E-state index contributed by atoms with van der Waals surface area (Å²) in [6.07, 6.45) is 3.70. The fraction of sp³-hybridized carbons (Fsp3) is 0.143. The second kappa shape index (κ2) is 12.0. The Hall–Kier alpha value is -5.10. The van der Waals surface area contributed by atoms with Crippen LogP contribution >= 0.6 is 11.6 Å². The number of aromatic nitrogens is 4. The molecule has 0 saturated heterocycles. The van der Waals surface area contributed by atoms with E-state index in [9.17, 15) is 14.4 Å². The highest BCUT2D eigenvalue weighted by molar-refractivity contribution is 6.31. The molecule has 1 aliphatic heterocycles. The fourth-order valence-corrected chi connectivity index (χ4v) is 4.70. The van der Waals surface area contributed by atoms with E-state index in [1.165, 1.54) is 47.3 Å². The molecule has 1 aromatic heterocycles. The average Bonchev–Trinajstić information content (AvgIpc) is 3.53. The molecule has 2 N–H and O–H groups in total. The Bertz CT molecular complexity index is 1630. The van der Waals surface area contributed by atoms with Crippen molar-refractivity contribution in [1.82, 2.24) is 25.1 Å². The van der Waals surface area contributed by atoms with Crippen LogP contribution in [0.4, 0.5) is 20.6 Å². The van der Waals surface area contributed by atoms with Crippen LogP contribution in [0.3, 0.4) is 0 Å². The zero-order chi connectivity index (χ0) is 28.9. The number of hydrogen-bond donors (Lipinski definition) is 2. The second-order valence-corrected chi connectivity index (χ2v) is 9.36. The molecule has 2 heterocycles. The van der Waals surface area contributed by atoms with Gasteiger partial charge in [-0.1, -0.05) is 35.9 Å². The summed E-state index contributed by atoms with van der Waals surface area (Å²) in [7, 11) is 1.26. The van der Waals surface area contributed by atoms with Crippen LogP contribution in [0.2, 0.25) is 5.02 Å². The molecule has 1 atom stereocenters. The van der Waals surface area contributed by atoms with Gasteiger partial charge >= 0.3 is 6.09 Å². The monoisotopic (exact) mass is 575 g/mol. The number of methoxy groups -OCH3 is 1. The van der Waals surface area contributed by atoms with Crippen LogP contribution in [0.25, 0.3) is 11.8 Å². The van der Waals surface area contributed by atoms with Crippen molar-refractivity contribution in [3.8, 4) is 5.69 Å². The Balaban J connectivity index is 1.42. The van der Waals surface area contributed by atoms with Gasteiger partial charge in [-0.15, -0.1) is 5.10 Å². The minimum absolute atomic E-state index is 0.0113. The van der Waals surface area contributed by atoms with E-state index < -0.39 is 29.8 Å². The lowest BCUT2D eigenvalue weighted by Gasteiger charge is -2.35. The standard InChI is InChI=1S/C28H23ClFN7O4/c1-41-28(40)33-19-8-6-18(7-9-19)32-27(39)26-20-5-3-2-4-17(20)14-15-36(26)24(38)13-10-21-23(37-16-31-34-35-37)12-11-22(29)25(21)30/h2-13,16,26H,14-15H2,1H3,(H,32,39)(H,33,40)/b13-10+/t26-/m0/s1. The number of amides is 3. The van der Waals surface area contributed by atoms with Gasteiger partial charge in [0.2, 0.25) is 5.91 Å². The first-order valence-corrected chi connectivity index (χ1v) is 12.8. The van der Waals surface area contributed by atoms with Crippen molar-refractivity contribution in [2.75, 3.05) is 24.3 Å². The normalized spacial score (nSPS) is 14.4. The Morgan fingerprint density at radius 1 is 1.05 bits per heavy atom. The number of ether oxygens (including phenoxy) is 1. The summed E-state index contributed by atoms with van der Waals surface area (Å²) in [4.78, 5) is 40.0. The number of halogens is 2. The number of anilines is 2. The number of nitrogens with one attached hydrogen (secondary N) is 2. The SMILES string of the molecule is COC(=O)Nc1ccc(NC(=O)[C@@H]2c3ccccc3CCN2C(=O)/C=C/c2c(-n3cnnn3)ccc(Cl)c2F)cc1. The number of rotatable bonds is 6. The van der Waals surface area contributed by atoms with Gasteiger partial charge in [-0.2, -0.15) is 4.68 Å². The first kappa shape index (κ1) is 27.5. The molecule has 4 aromatic rings. The Morgan fingerprint density at radius 3 is 2.49 bits per heavy atom. The van der Waals surface area contributed by atoms with Crippen LogP contribution in [-0.2, 0) is 20.7 Å². The fourth-order valence-electron chi connectivity index (χ4n) is 4.54. The second-order valence-electron chi connectivity index (χ2n) is 8.95. The van der Waals surface area contributed by atoms with Crippen LogP contribution in [0.1, 0.15) is 22.7 Å². The number of carbonyl (C=O) groups excluding carboxylic acids is 3. The topological polar surface area (TPSA) is 131 Å². The molecule has 1 aliphatic rings. The third kappa shape index (κ3) is 5.92.